The first-order chi connectivity index (χ1) is 12.2. The van der Waals surface area contributed by atoms with Crippen LogP contribution in [0.4, 0.5) is 0 Å². The second kappa shape index (κ2) is 8.20. The van der Waals surface area contributed by atoms with E-state index in [4.69, 9.17) is 4.99 Å². The monoisotopic (exact) mass is 327 g/mol. The first-order valence-electron chi connectivity index (χ1n) is 8.47. The van der Waals surface area contributed by atoms with Crippen molar-refractivity contribution >= 4 is 11.5 Å². The maximum Gasteiger partial charge on any atom is 0.154 e. The number of aliphatic imine (C=N–C) groups is 1. The molecule has 3 aromatic rings. The normalized spacial score (nSPS) is 11.6. The molecular formula is C23H21NO. The van der Waals surface area contributed by atoms with Crippen LogP contribution >= 0.6 is 0 Å². The summed E-state index contributed by atoms with van der Waals surface area (Å²) in [5.41, 5.74) is 4.02. The minimum Gasteiger partial charge on any atom is -0.298 e. The van der Waals surface area contributed by atoms with Gasteiger partial charge in [-0.2, -0.15) is 0 Å². The molecule has 0 bridgehead atoms. The topological polar surface area (TPSA) is 29.4 Å². The predicted molar refractivity (Wildman–Crippen MR) is 103 cm³/mol. The van der Waals surface area contributed by atoms with Gasteiger partial charge in [-0.05, 0) is 12.5 Å². The van der Waals surface area contributed by atoms with Crippen molar-refractivity contribution in [2.45, 2.75) is 19.4 Å². The number of carbonyl (C=O) groups is 1. The highest BCUT2D eigenvalue weighted by Gasteiger charge is 2.16. The lowest BCUT2D eigenvalue weighted by Crippen LogP contribution is -2.21. The quantitative estimate of drug-likeness (QED) is 0.602. The van der Waals surface area contributed by atoms with Crippen LogP contribution in [-0.4, -0.2) is 17.5 Å². The van der Waals surface area contributed by atoms with Gasteiger partial charge in [0, 0.05) is 17.5 Å². The van der Waals surface area contributed by atoms with E-state index in [9.17, 15) is 4.79 Å². The summed E-state index contributed by atoms with van der Waals surface area (Å²) >= 11 is 0. The zero-order chi connectivity index (χ0) is 17.5. The first kappa shape index (κ1) is 16.8. The summed E-state index contributed by atoms with van der Waals surface area (Å²) in [7, 11) is 0. The molecule has 3 rings (SSSR count). The molecule has 0 unspecified atom stereocenters. The van der Waals surface area contributed by atoms with Crippen LogP contribution in [-0.2, 0) is 11.2 Å². The molecule has 0 radical (unpaired) electrons. The Morgan fingerprint density at radius 3 is 1.64 bits per heavy atom. The van der Waals surface area contributed by atoms with E-state index in [0.29, 0.717) is 6.42 Å². The van der Waals surface area contributed by atoms with E-state index in [-0.39, 0.29) is 5.78 Å². The fraction of sp³-hybridized carbons (Fsp3) is 0.130. The van der Waals surface area contributed by atoms with Crippen LogP contribution in [0.3, 0.4) is 0 Å². The molecule has 0 amide bonds. The molecule has 0 aliphatic rings. The lowest BCUT2D eigenvalue weighted by atomic mass is 9.99. The van der Waals surface area contributed by atoms with Gasteiger partial charge in [0.2, 0.25) is 0 Å². The van der Waals surface area contributed by atoms with Gasteiger partial charge in [-0.3, -0.25) is 9.79 Å². The Balaban J connectivity index is 2.02. The van der Waals surface area contributed by atoms with Gasteiger partial charge in [-0.15, -0.1) is 0 Å². The Labute approximate surface area is 148 Å². The molecule has 0 aliphatic heterocycles. The zero-order valence-electron chi connectivity index (χ0n) is 14.3. The number of nitrogens with zero attached hydrogens (tertiary/aromatic N) is 1. The standard InChI is InChI=1S/C23H21NO/c1-18(25)22(17-19-11-5-2-6-12-19)24-23(20-13-7-3-8-14-20)21-15-9-4-10-16-21/h2-16,22H,17H2,1H3/t22-/m0/s1. The predicted octanol–water partition coefficient (Wildman–Crippen LogP) is 4.72. The smallest absolute Gasteiger partial charge is 0.154 e. The minimum atomic E-state index is -0.391. The van der Waals surface area contributed by atoms with Crippen molar-refractivity contribution in [3.63, 3.8) is 0 Å². The van der Waals surface area contributed by atoms with E-state index in [2.05, 4.69) is 0 Å². The highest BCUT2D eigenvalue weighted by molar-refractivity contribution is 6.13. The zero-order valence-corrected chi connectivity index (χ0v) is 14.3. The molecule has 25 heavy (non-hydrogen) atoms. The Hall–Kier alpha value is -3.00. The van der Waals surface area contributed by atoms with Crippen LogP contribution in [0.15, 0.2) is 96.0 Å². The summed E-state index contributed by atoms with van der Waals surface area (Å²) in [4.78, 5) is 17.1. The van der Waals surface area contributed by atoms with Gasteiger partial charge < -0.3 is 0 Å². The molecule has 0 aromatic heterocycles. The Morgan fingerprint density at radius 1 is 0.760 bits per heavy atom. The van der Waals surface area contributed by atoms with Gasteiger partial charge >= 0.3 is 0 Å². The number of benzene rings is 3. The number of rotatable bonds is 6. The summed E-state index contributed by atoms with van der Waals surface area (Å²) in [6, 6.07) is 29.7. The van der Waals surface area contributed by atoms with Crippen LogP contribution in [0.2, 0.25) is 0 Å². The van der Waals surface area contributed by atoms with Crippen molar-refractivity contribution in [3.8, 4) is 0 Å². The van der Waals surface area contributed by atoms with E-state index in [0.717, 1.165) is 22.4 Å². The maximum atomic E-state index is 12.2. The molecule has 0 heterocycles. The fourth-order valence-corrected chi connectivity index (χ4v) is 2.78. The molecule has 1 atom stereocenters. The number of ketones is 1. The Kier molecular flexibility index (Phi) is 5.53. The lowest BCUT2D eigenvalue weighted by molar-refractivity contribution is -0.118. The number of Topliss-reactive ketones (excluding diaryl/α,β-unsaturated/α-hetero) is 1. The lowest BCUT2D eigenvalue weighted by Gasteiger charge is -2.14. The van der Waals surface area contributed by atoms with Crippen LogP contribution in [0.5, 0.6) is 0 Å². The molecular weight excluding hydrogens is 306 g/mol. The molecule has 2 nitrogen and oxygen atoms in total. The summed E-state index contributed by atoms with van der Waals surface area (Å²) < 4.78 is 0. The first-order valence-corrected chi connectivity index (χ1v) is 8.47. The maximum absolute atomic E-state index is 12.2. The third-order valence-corrected chi connectivity index (χ3v) is 4.12. The molecule has 0 N–H and O–H groups in total. The van der Waals surface area contributed by atoms with Gasteiger partial charge in [0.05, 0.1) is 5.71 Å². The summed E-state index contributed by atoms with van der Waals surface area (Å²) in [6.07, 6.45) is 0.610. The van der Waals surface area contributed by atoms with Crippen molar-refractivity contribution in [1.82, 2.24) is 0 Å². The molecule has 124 valence electrons. The number of hydrogen-bond donors (Lipinski definition) is 0. The van der Waals surface area contributed by atoms with E-state index in [1.54, 1.807) is 6.92 Å². The highest BCUT2D eigenvalue weighted by atomic mass is 16.1. The summed E-state index contributed by atoms with van der Waals surface area (Å²) in [5.74, 6) is 0.0771. The molecule has 0 spiro atoms. The van der Waals surface area contributed by atoms with Crippen LogP contribution in [0.1, 0.15) is 23.6 Å². The molecule has 0 saturated heterocycles. The van der Waals surface area contributed by atoms with Crippen molar-refractivity contribution in [2.24, 2.45) is 4.99 Å². The van der Waals surface area contributed by atoms with Crippen molar-refractivity contribution in [3.05, 3.63) is 108 Å². The van der Waals surface area contributed by atoms with Crippen LogP contribution in [0, 0.1) is 0 Å². The molecule has 0 aliphatic carbocycles. The third-order valence-electron chi connectivity index (χ3n) is 4.12. The molecule has 3 aromatic carbocycles. The molecule has 0 fully saturated rings. The molecule has 2 heteroatoms. The van der Waals surface area contributed by atoms with E-state index in [1.165, 1.54) is 0 Å². The average molecular weight is 327 g/mol. The summed E-state index contributed by atoms with van der Waals surface area (Å²) in [6.45, 7) is 1.62. The largest absolute Gasteiger partial charge is 0.298 e. The van der Waals surface area contributed by atoms with Gasteiger partial charge in [0.25, 0.3) is 0 Å². The van der Waals surface area contributed by atoms with Gasteiger partial charge in [0.1, 0.15) is 6.04 Å². The van der Waals surface area contributed by atoms with Gasteiger partial charge in [0.15, 0.2) is 5.78 Å². The molecule has 0 saturated carbocycles. The second-order valence-electron chi connectivity index (χ2n) is 6.03. The average Bonchev–Trinajstić information content (AvgIpc) is 2.67. The van der Waals surface area contributed by atoms with Gasteiger partial charge in [-0.1, -0.05) is 91.0 Å². The SMILES string of the molecule is CC(=O)[C@H](Cc1ccccc1)N=C(c1ccccc1)c1ccccc1. The number of hydrogen-bond acceptors (Lipinski definition) is 2. The Morgan fingerprint density at radius 2 is 1.20 bits per heavy atom. The minimum absolute atomic E-state index is 0.0771. The third kappa shape index (κ3) is 4.51. The highest BCUT2D eigenvalue weighted by Crippen LogP contribution is 2.15. The van der Waals surface area contributed by atoms with Crippen molar-refractivity contribution in [2.75, 3.05) is 0 Å². The van der Waals surface area contributed by atoms with Crippen molar-refractivity contribution in [1.29, 1.82) is 0 Å². The number of carbonyl (C=O) groups excluding carboxylic acids is 1. The van der Waals surface area contributed by atoms with Crippen LogP contribution in [0.25, 0.3) is 0 Å². The second-order valence-corrected chi connectivity index (χ2v) is 6.03. The Bertz CT molecular complexity index is 798. The summed E-state index contributed by atoms with van der Waals surface area (Å²) in [5, 5.41) is 0. The van der Waals surface area contributed by atoms with Gasteiger partial charge in [-0.25, -0.2) is 0 Å². The van der Waals surface area contributed by atoms with E-state index < -0.39 is 6.04 Å². The fourth-order valence-electron chi connectivity index (χ4n) is 2.78. The van der Waals surface area contributed by atoms with Crippen molar-refractivity contribution < 1.29 is 4.79 Å². The van der Waals surface area contributed by atoms with E-state index >= 15 is 0 Å². The van der Waals surface area contributed by atoms with Crippen LogP contribution < -0.4 is 0 Å². The van der Waals surface area contributed by atoms with E-state index in [1.807, 2.05) is 91.0 Å².